The van der Waals surface area contributed by atoms with Crippen molar-refractivity contribution in [2.75, 3.05) is 6.54 Å². The van der Waals surface area contributed by atoms with E-state index in [9.17, 15) is 9.59 Å². The molecule has 3 N–H and O–H groups in total. The minimum absolute atomic E-state index is 0.0837. The molecule has 10 nitrogen and oxygen atoms in total. The number of imidazole rings is 1. The van der Waals surface area contributed by atoms with Crippen LogP contribution < -0.4 is 11.1 Å². The summed E-state index contributed by atoms with van der Waals surface area (Å²) >= 11 is 0. The number of nitrogens with one attached hydrogen (secondary N) is 1. The highest BCUT2D eigenvalue weighted by Gasteiger charge is 2.26. The van der Waals surface area contributed by atoms with Crippen molar-refractivity contribution in [3.05, 3.63) is 30.4 Å². The van der Waals surface area contributed by atoms with Gasteiger partial charge in [0.05, 0.1) is 12.9 Å². The number of rotatable bonds is 6. The predicted molar refractivity (Wildman–Crippen MR) is 86.2 cm³/mol. The molecule has 2 aromatic rings. The van der Waals surface area contributed by atoms with Gasteiger partial charge in [0.15, 0.2) is 5.82 Å². The third-order valence-corrected chi connectivity index (χ3v) is 4.24. The van der Waals surface area contributed by atoms with Gasteiger partial charge >= 0.3 is 17.8 Å². The van der Waals surface area contributed by atoms with E-state index in [1.165, 1.54) is 0 Å². The molecule has 10 heteroatoms. The molecule has 0 aliphatic carbocycles. The van der Waals surface area contributed by atoms with Crippen molar-refractivity contribution >= 4 is 11.9 Å². The maximum Gasteiger partial charge on any atom is 0.318 e. The fraction of sp³-hybridized carbons (Fsp3) is 0.533. The summed E-state index contributed by atoms with van der Waals surface area (Å²) in [4.78, 5) is 33.1. The molecule has 1 atom stereocenters. The summed E-state index contributed by atoms with van der Waals surface area (Å²) in [5, 5.41) is 6.39. The van der Waals surface area contributed by atoms with Crippen LogP contribution in [0, 0.1) is 0 Å². The van der Waals surface area contributed by atoms with Gasteiger partial charge in [0, 0.05) is 31.5 Å². The van der Waals surface area contributed by atoms with Crippen molar-refractivity contribution < 1.29 is 14.1 Å². The Morgan fingerprint density at radius 1 is 1.40 bits per heavy atom. The summed E-state index contributed by atoms with van der Waals surface area (Å²) in [5.41, 5.74) is 5.05. The van der Waals surface area contributed by atoms with Gasteiger partial charge < -0.3 is 25.0 Å². The Bertz CT molecular complexity index is 713. The van der Waals surface area contributed by atoms with Gasteiger partial charge in [-0.25, -0.2) is 9.78 Å². The highest BCUT2D eigenvalue weighted by atomic mass is 16.5. The molecule has 0 saturated carbocycles. The third-order valence-electron chi connectivity index (χ3n) is 4.24. The van der Waals surface area contributed by atoms with Crippen LogP contribution in [-0.4, -0.2) is 49.1 Å². The molecule has 1 saturated heterocycles. The Hall–Kier alpha value is -2.91. The summed E-state index contributed by atoms with van der Waals surface area (Å²) in [6.45, 7) is 1.63. The molecular weight excluding hydrogens is 326 g/mol. The van der Waals surface area contributed by atoms with Crippen LogP contribution in [0.2, 0.25) is 0 Å². The smallest absolute Gasteiger partial charge is 0.318 e. The summed E-state index contributed by atoms with van der Waals surface area (Å²) < 4.78 is 6.70. The van der Waals surface area contributed by atoms with Gasteiger partial charge in [-0.3, -0.25) is 4.79 Å². The molecule has 2 aromatic heterocycles. The molecule has 25 heavy (non-hydrogen) atoms. The lowest BCUT2D eigenvalue weighted by Crippen LogP contribution is -2.48. The van der Waals surface area contributed by atoms with E-state index in [1.54, 1.807) is 12.5 Å². The zero-order chi connectivity index (χ0) is 17.6. The highest BCUT2D eigenvalue weighted by Crippen LogP contribution is 2.20. The molecule has 3 rings (SSSR count). The SMILES string of the molecule is NC(=O)c1nc(CNC(=O)N2CCCC[C@@H]2CCn2ccnc2)no1. The second kappa shape index (κ2) is 7.77. The fourth-order valence-electron chi connectivity index (χ4n) is 2.97. The molecule has 0 spiro atoms. The number of nitrogens with zero attached hydrogens (tertiary/aromatic N) is 5. The van der Waals surface area contributed by atoms with Crippen LogP contribution >= 0.6 is 0 Å². The van der Waals surface area contributed by atoms with E-state index in [0.717, 1.165) is 38.8 Å². The number of amides is 3. The van der Waals surface area contributed by atoms with E-state index in [-0.39, 0.29) is 30.3 Å². The Morgan fingerprint density at radius 3 is 3.00 bits per heavy atom. The average molecular weight is 347 g/mol. The first-order valence-corrected chi connectivity index (χ1v) is 8.26. The van der Waals surface area contributed by atoms with Gasteiger partial charge in [-0.2, -0.15) is 4.98 Å². The summed E-state index contributed by atoms with van der Waals surface area (Å²) in [6.07, 6.45) is 9.40. The van der Waals surface area contributed by atoms with E-state index < -0.39 is 5.91 Å². The van der Waals surface area contributed by atoms with Crippen LogP contribution in [0.5, 0.6) is 0 Å². The molecule has 0 aromatic carbocycles. The molecule has 1 aliphatic heterocycles. The van der Waals surface area contributed by atoms with E-state index in [0.29, 0.717) is 0 Å². The Morgan fingerprint density at radius 2 is 2.28 bits per heavy atom. The number of aryl methyl sites for hydroxylation is 1. The number of carbonyl (C=O) groups excluding carboxylic acids is 2. The van der Waals surface area contributed by atoms with E-state index >= 15 is 0 Å². The summed E-state index contributed by atoms with van der Waals surface area (Å²) in [7, 11) is 0. The number of primary amides is 1. The van der Waals surface area contributed by atoms with Crippen LogP contribution in [0.15, 0.2) is 23.2 Å². The lowest BCUT2D eigenvalue weighted by molar-refractivity contribution is 0.0958. The van der Waals surface area contributed by atoms with Crippen LogP contribution in [0.4, 0.5) is 4.79 Å². The number of carbonyl (C=O) groups is 2. The van der Waals surface area contributed by atoms with Crippen molar-refractivity contribution in [2.45, 2.75) is 44.8 Å². The minimum atomic E-state index is -0.791. The number of likely N-dealkylation sites (tertiary alicyclic amines) is 1. The molecule has 3 amide bonds. The lowest BCUT2D eigenvalue weighted by atomic mass is 10.00. The van der Waals surface area contributed by atoms with Crippen molar-refractivity contribution in [3.63, 3.8) is 0 Å². The number of hydrogen-bond acceptors (Lipinski definition) is 6. The van der Waals surface area contributed by atoms with Gasteiger partial charge in [0.1, 0.15) is 0 Å². The van der Waals surface area contributed by atoms with E-state index in [2.05, 4.69) is 20.4 Å². The molecule has 0 bridgehead atoms. The topological polar surface area (TPSA) is 132 Å². The van der Waals surface area contributed by atoms with Gasteiger partial charge in [-0.1, -0.05) is 5.16 Å². The standard InChI is InChI=1S/C15H21N7O3/c16-13(23)14-19-12(20-25-14)9-18-15(24)22-6-2-1-3-11(22)4-7-21-8-5-17-10-21/h5,8,10-11H,1-4,6-7,9H2,(H2,16,23)(H,18,24)/t11-/m1/s1. The molecule has 1 fully saturated rings. The zero-order valence-electron chi connectivity index (χ0n) is 13.8. The Labute approximate surface area is 144 Å². The Kier molecular flexibility index (Phi) is 5.26. The molecule has 134 valence electrons. The fourth-order valence-corrected chi connectivity index (χ4v) is 2.97. The van der Waals surface area contributed by atoms with Crippen molar-refractivity contribution in [3.8, 4) is 0 Å². The first-order valence-electron chi connectivity index (χ1n) is 8.26. The van der Waals surface area contributed by atoms with Gasteiger partial charge in [0.25, 0.3) is 0 Å². The normalized spacial score (nSPS) is 17.4. The van der Waals surface area contributed by atoms with Gasteiger partial charge in [-0.05, 0) is 25.7 Å². The molecule has 1 aliphatic rings. The number of nitrogens with two attached hydrogens (primary N) is 1. The zero-order valence-corrected chi connectivity index (χ0v) is 13.8. The second-order valence-electron chi connectivity index (χ2n) is 5.97. The maximum absolute atomic E-state index is 12.5. The van der Waals surface area contributed by atoms with Crippen molar-refractivity contribution in [2.24, 2.45) is 5.73 Å². The van der Waals surface area contributed by atoms with Crippen LogP contribution in [0.3, 0.4) is 0 Å². The maximum atomic E-state index is 12.5. The third kappa shape index (κ3) is 4.34. The number of urea groups is 1. The van der Waals surface area contributed by atoms with E-state index in [1.807, 2.05) is 15.7 Å². The Balaban J connectivity index is 1.53. The van der Waals surface area contributed by atoms with Crippen LogP contribution in [0.25, 0.3) is 0 Å². The first-order chi connectivity index (χ1) is 12.1. The van der Waals surface area contributed by atoms with Crippen molar-refractivity contribution in [1.82, 2.24) is 29.9 Å². The second-order valence-corrected chi connectivity index (χ2v) is 5.97. The largest absolute Gasteiger partial charge is 0.361 e. The first kappa shape index (κ1) is 16.9. The molecule has 0 unspecified atom stereocenters. The quantitative estimate of drug-likeness (QED) is 0.783. The van der Waals surface area contributed by atoms with Crippen molar-refractivity contribution in [1.29, 1.82) is 0 Å². The van der Waals surface area contributed by atoms with Crippen LogP contribution in [-0.2, 0) is 13.1 Å². The minimum Gasteiger partial charge on any atom is -0.361 e. The number of hydrogen-bond donors (Lipinski definition) is 2. The summed E-state index contributed by atoms with van der Waals surface area (Å²) in [5.74, 6) is -0.838. The summed E-state index contributed by atoms with van der Waals surface area (Å²) in [6, 6.07) is 0.0170. The van der Waals surface area contributed by atoms with Crippen LogP contribution in [0.1, 0.15) is 42.2 Å². The molecular formula is C15H21N7O3. The lowest BCUT2D eigenvalue weighted by Gasteiger charge is -2.35. The molecule has 0 radical (unpaired) electrons. The highest BCUT2D eigenvalue weighted by molar-refractivity contribution is 5.87. The van der Waals surface area contributed by atoms with Gasteiger partial charge in [0.2, 0.25) is 0 Å². The number of aromatic nitrogens is 4. The predicted octanol–water partition coefficient (Wildman–Crippen LogP) is 0.519. The van der Waals surface area contributed by atoms with Gasteiger partial charge in [-0.15, -0.1) is 0 Å². The van der Waals surface area contributed by atoms with E-state index in [4.69, 9.17) is 10.3 Å². The average Bonchev–Trinajstić information content (AvgIpc) is 3.30. The molecule has 3 heterocycles. The monoisotopic (exact) mass is 347 g/mol. The number of piperidine rings is 1.